The molecule has 0 saturated carbocycles. The molecule has 2 amide bonds. The number of amides is 2. The molecule has 0 radical (unpaired) electrons. The lowest BCUT2D eigenvalue weighted by atomic mass is 10.3. The summed E-state index contributed by atoms with van der Waals surface area (Å²) >= 11 is 1.49. The minimum absolute atomic E-state index is 0.0308. The van der Waals surface area contributed by atoms with Gasteiger partial charge in [0.15, 0.2) is 11.6 Å². The van der Waals surface area contributed by atoms with Gasteiger partial charge in [-0.2, -0.15) is 0 Å². The third-order valence-corrected chi connectivity index (χ3v) is 4.97. The first kappa shape index (κ1) is 22.5. The number of hydrogen-bond donors (Lipinski definition) is 2. The number of thiophene rings is 1. The summed E-state index contributed by atoms with van der Waals surface area (Å²) < 4.78 is 31.8. The predicted molar refractivity (Wildman–Crippen MR) is 111 cm³/mol. The molecule has 11 heteroatoms. The average Bonchev–Trinajstić information content (AvgIpc) is 3.41. The number of rotatable bonds is 10. The van der Waals surface area contributed by atoms with Crippen molar-refractivity contribution in [3.05, 3.63) is 53.2 Å². The van der Waals surface area contributed by atoms with E-state index in [-0.39, 0.29) is 24.7 Å². The first-order valence-electron chi connectivity index (χ1n) is 9.54. The quantitative estimate of drug-likeness (QED) is 0.494. The number of aromatic nitrogens is 2. The smallest absolute Gasteiger partial charge is 0.257 e. The lowest BCUT2D eigenvalue weighted by Crippen LogP contribution is -2.40. The van der Waals surface area contributed by atoms with Gasteiger partial charge in [-0.05, 0) is 36.5 Å². The van der Waals surface area contributed by atoms with E-state index in [1.165, 1.54) is 17.4 Å². The molecule has 2 heterocycles. The fourth-order valence-electron chi connectivity index (χ4n) is 2.76. The molecule has 0 spiro atoms. The third-order valence-electron chi connectivity index (χ3n) is 4.11. The van der Waals surface area contributed by atoms with Crippen molar-refractivity contribution in [2.45, 2.75) is 19.9 Å². The van der Waals surface area contributed by atoms with Gasteiger partial charge in [0.2, 0.25) is 17.7 Å². The molecule has 0 unspecified atom stereocenters. The molecule has 1 aromatic carbocycles. The van der Waals surface area contributed by atoms with Crippen LogP contribution in [-0.4, -0.2) is 46.5 Å². The van der Waals surface area contributed by atoms with Crippen LogP contribution in [0.3, 0.4) is 0 Å². The van der Waals surface area contributed by atoms with Gasteiger partial charge in [0.05, 0.1) is 24.5 Å². The van der Waals surface area contributed by atoms with Gasteiger partial charge in [-0.3, -0.25) is 14.5 Å². The maximum absolute atomic E-state index is 13.2. The van der Waals surface area contributed by atoms with Gasteiger partial charge >= 0.3 is 0 Å². The molecule has 0 fully saturated rings. The maximum Gasteiger partial charge on any atom is 0.257 e. The van der Waals surface area contributed by atoms with Gasteiger partial charge in [-0.1, -0.05) is 13.0 Å². The molecular weight excluding hydrogens is 428 g/mol. The zero-order valence-corrected chi connectivity index (χ0v) is 17.5. The Balaban J connectivity index is 1.48. The molecule has 2 N–H and O–H groups in total. The first-order valence-corrected chi connectivity index (χ1v) is 10.4. The van der Waals surface area contributed by atoms with Crippen molar-refractivity contribution >= 4 is 28.8 Å². The van der Waals surface area contributed by atoms with Crippen LogP contribution in [0.4, 0.5) is 14.5 Å². The van der Waals surface area contributed by atoms with Crippen LogP contribution >= 0.6 is 11.3 Å². The molecular formula is C20H21F2N5O3S. The molecule has 3 rings (SSSR count). The highest BCUT2D eigenvalue weighted by Crippen LogP contribution is 2.23. The van der Waals surface area contributed by atoms with Crippen molar-refractivity contribution in [1.82, 2.24) is 20.4 Å². The molecule has 31 heavy (non-hydrogen) atoms. The van der Waals surface area contributed by atoms with E-state index in [0.717, 1.165) is 23.4 Å². The minimum Gasteiger partial charge on any atom is -0.419 e. The van der Waals surface area contributed by atoms with E-state index in [4.69, 9.17) is 4.42 Å². The monoisotopic (exact) mass is 449 g/mol. The number of carbonyl (C=O) groups excluding carboxylic acids is 2. The van der Waals surface area contributed by atoms with E-state index in [0.29, 0.717) is 24.9 Å². The Morgan fingerprint density at radius 1 is 1.16 bits per heavy atom. The van der Waals surface area contributed by atoms with Crippen molar-refractivity contribution in [3.63, 3.8) is 0 Å². The molecule has 0 aliphatic carbocycles. The Bertz CT molecular complexity index is 1030. The Morgan fingerprint density at radius 3 is 2.71 bits per heavy atom. The summed E-state index contributed by atoms with van der Waals surface area (Å²) in [5.74, 6) is -2.18. The van der Waals surface area contributed by atoms with Crippen molar-refractivity contribution in [2.24, 2.45) is 0 Å². The molecule has 0 bridgehead atoms. The van der Waals surface area contributed by atoms with E-state index >= 15 is 0 Å². The summed E-state index contributed by atoms with van der Waals surface area (Å²) in [4.78, 5) is 26.9. The van der Waals surface area contributed by atoms with Crippen LogP contribution in [0.15, 0.2) is 40.1 Å². The molecule has 3 aromatic rings. The summed E-state index contributed by atoms with van der Waals surface area (Å²) in [6, 6.07) is 6.78. The normalized spacial score (nSPS) is 11.0. The molecule has 164 valence electrons. The van der Waals surface area contributed by atoms with E-state index in [1.54, 1.807) is 0 Å². The first-order chi connectivity index (χ1) is 14.9. The minimum atomic E-state index is -1.07. The standard InChI is InChI=1S/C20H21F2N5O3S/c1-2-7-27(12-19-25-26-20(30-19)16-4-3-8-31-16)11-18(29)23-10-17(28)24-13-5-6-14(21)15(22)9-13/h3-6,8-9H,2,7,10-12H2,1H3,(H,23,29)(H,24,28). The Labute approximate surface area is 181 Å². The van der Waals surface area contributed by atoms with Crippen LogP contribution in [0.2, 0.25) is 0 Å². The summed E-state index contributed by atoms with van der Waals surface area (Å²) in [7, 11) is 0. The number of anilines is 1. The third kappa shape index (κ3) is 6.66. The SMILES string of the molecule is CCCN(CC(=O)NCC(=O)Nc1ccc(F)c(F)c1)Cc1nnc(-c2cccs2)o1. The number of carbonyl (C=O) groups is 2. The van der Waals surface area contributed by atoms with Crippen molar-refractivity contribution in [3.8, 4) is 10.8 Å². The van der Waals surface area contributed by atoms with Crippen LogP contribution in [-0.2, 0) is 16.1 Å². The van der Waals surface area contributed by atoms with Gasteiger partial charge in [0, 0.05) is 11.8 Å². The molecule has 0 aliphatic heterocycles. The second kappa shape index (κ2) is 10.7. The predicted octanol–water partition coefficient (Wildman–Crippen LogP) is 3.04. The van der Waals surface area contributed by atoms with Gasteiger partial charge in [0.1, 0.15) is 0 Å². The van der Waals surface area contributed by atoms with Crippen LogP contribution < -0.4 is 10.6 Å². The molecule has 2 aromatic heterocycles. The summed E-state index contributed by atoms with van der Waals surface area (Å²) in [6.07, 6.45) is 0.801. The summed E-state index contributed by atoms with van der Waals surface area (Å²) in [5, 5.41) is 14.9. The molecule has 0 atom stereocenters. The van der Waals surface area contributed by atoms with E-state index in [1.807, 2.05) is 29.3 Å². The Hall–Kier alpha value is -3.18. The van der Waals surface area contributed by atoms with Gasteiger partial charge in [-0.15, -0.1) is 21.5 Å². The summed E-state index contributed by atoms with van der Waals surface area (Å²) in [6.45, 7) is 2.61. The molecule has 8 nitrogen and oxygen atoms in total. The highest BCUT2D eigenvalue weighted by molar-refractivity contribution is 7.13. The van der Waals surface area contributed by atoms with Crippen molar-refractivity contribution in [1.29, 1.82) is 0 Å². The van der Waals surface area contributed by atoms with Crippen molar-refractivity contribution < 1.29 is 22.8 Å². The zero-order valence-electron chi connectivity index (χ0n) is 16.7. The van der Waals surface area contributed by atoms with Gasteiger partial charge in [0.25, 0.3) is 5.89 Å². The van der Waals surface area contributed by atoms with Crippen LogP contribution in [0.1, 0.15) is 19.2 Å². The van der Waals surface area contributed by atoms with Crippen LogP contribution in [0.25, 0.3) is 10.8 Å². The number of halogens is 2. The average molecular weight is 449 g/mol. The number of nitrogens with zero attached hydrogens (tertiary/aromatic N) is 3. The fourth-order valence-corrected chi connectivity index (χ4v) is 3.40. The van der Waals surface area contributed by atoms with Gasteiger partial charge in [-0.25, -0.2) is 8.78 Å². The second-order valence-electron chi connectivity index (χ2n) is 6.64. The van der Waals surface area contributed by atoms with Crippen LogP contribution in [0, 0.1) is 11.6 Å². The van der Waals surface area contributed by atoms with Crippen molar-refractivity contribution in [2.75, 3.05) is 25.0 Å². The topological polar surface area (TPSA) is 100 Å². The van der Waals surface area contributed by atoms with Crippen LogP contribution in [0.5, 0.6) is 0 Å². The second-order valence-corrected chi connectivity index (χ2v) is 7.59. The fraction of sp³-hybridized carbons (Fsp3) is 0.300. The van der Waals surface area contributed by atoms with Gasteiger partial charge < -0.3 is 15.1 Å². The highest BCUT2D eigenvalue weighted by Gasteiger charge is 2.16. The molecule has 0 saturated heterocycles. The van der Waals surface area contributed by atoms with E-state index in [9.17, 15) is 18.4 Å². The van der Waals surface area contributed by atoms with E-state index in [2.05, 4.69) is 20.8 Å². The Kier molecular flexibility index (Phi) is 7.79. The maximum atomic E-state index is 13.2. The zero-order chi connectivity index (χ0) is 22.2. The lowest BCUT2D eigenvalue weighted by Gasteiger charge is -2.19. The number of hydrogen-bond acceptors (Lipinski definition) is 7. The van der Waals surface area contributed by atoms with E-state index < -0.39 is 17.5 Å². The Morgan fingerprint density at radius 2 is 2.00 bits per heavy atom. The number of benzene rings is 1. The number of nitrogens with one attached hydrogen (secondary N) is 2. The molecule has 0 aliphatic rings. The lowest BCUT2D eigenvalue weighted by molar-refractivity contribution is -0.125. The highest BCUT2D eigenvalue weighted by atomic mass is 32.1. The largest absolute Gasteiger partial charge is 0.419 e. The summed E-state index contributed by atoms with van der Waals surface area (Å²) in [5.41, 5.74) is 0.101.